The first-order valence-corrected chi connectivity index (χ1v) is 12.9. The van der Waals surface area contributed by atoms with Crippen LogP contribution in [-0.2, 0) is 11.2 Å². The summed E-state index contributed by atoms with van der Waals surface area (Å²) >= 11 is 0. The Morgan fingerprint density at radius 3 is 1.39 bits per heavy atom. The first kappa shape index (κ1) is 24.9. The number of carbonyl (C=O) groups is 1. The molecule has 5 aromatic carbocycles. The highest BCUT2D eigenvalue weighted by Gasteiger charge is 2.24. The maximum atomic E-state index is 14.1. The molecular formula is C35H30N2O. The van der Waals surface area contributed by atoms with Crippen LogP contribution in [-0.4, -0.2) is 17.7 Å². The molecule has 0 saturated heterocycles. The predicted octanol–water partition coefficient (Wildman–Crippen LogP) is 7.04. The standard InChI is InChI=1S/C35H30N2O/c38-35(37-34(30-22-12-4-13-23-30)31-24-14-5-15-25-31)32(26-27-16-6-1-7-17-27)36-33(28-18-8-2-9-19-28)29-20-10-3-11-21-29/h1-25,32,34H,26H2,(H,37,38)/t32-/m1/s1. The van der Waals surface area contributed by atoms with Gasteiger partial charge < -0.3 is 5.32 Å². The summed E-state index contributed by atoms with van der Waals surface area (Å²) in [5.41, 5.74) is 5.88. The van der Waals surface area contributed by atoms with E-state index in [0.29, 0.717) is 6.42 Å². The Morgan fingerprint density at radius 2 is 0.947 bits per heavy atom. The Labute approximate surface area is 224 Å². The molecular weight excluding hydrogens is 464 g/mol. The normalized spacial score (nSPS) is 11.5. The lowest BCUT2D eigenvalue weighted by atomic mass is 9.97. The van der Waals surface area contributed by atoms with Crippen molar-refractivity contribution in [3.05, 3.63) is 179 Å². The van der Waals surface area contributed by atoms with Crippen LogP contribution in [0.3, 0.4) is 0 Å². The highest BCUT2D eigenvalue weighted by atomic mass is 16.2. The van der Waals surface area contributed by atoms with E-state index in [4.69, 9.17) is 4.99 Å². The molecule has 1 N–H and O–H groups in total. The largest absolute Gasteiger partial charge is 0.343 e. The van der Waals surface area contributed by atoms with E-state index in [1.807, 2.05) is 152 Å². The fourth-order valence-corrected chi connectivity index (χ4v) is 4.59. The summed E-state index contributed by atoms with van der Waals surface area (Å²) in [5, 5.41) is 3.33. The molecule has 0 aliphatic heterocycles. The van der Waals surface area contributed by atoms with E-state index in [1.165, 1.54) is 0 Å². The second-order valence-electron chi connectivity index (χ2n) is 9.18. The fourth-order valence-electron chi connectivity index (χ4n) is 4.59. The van der Waals surface area contributed by atoms with Crippen molar-refractivity contribution in [2.24, 2.45) is 4.99 Å². The number of hydrogen-bond donors (Lipinski definition) is 1. The van der Waals surface area contributed by atoms with Gasteiger partial charge in [-0.25, -0.2) is 0 Å². The third kappa shape index (κ3) is 6.32. The van der Waals surface area contributed by atoms with Crippen LogP contribution < -0.4 is 5.32 Å². The molecule has 1 amide bonds. The summed E-state index contributed by atoms with van der Waals surface area (Å²) in [6.45, 7) is 0. The topological polar surface area (TPSA) is 41.5 Å². The Bertz CT molecular complexity index is 1370. The lowest BCUT2D eigenvalue weighted by Crippen LogP contribution is -2.38. The van der Waals surface area contributed by atoms with E-state index in [-0.39, 0.29) is 11.9 Å². The van der Waals surface area contributed by atoms with Crippen LogP contribution >= 0.6 is 0 Å². The molecule has 0 heterocycles. The van der Waals surface area contributed by atoms with Crippen molar-refractivity contribution in [2.75, 3.05) is 0 Å². The molecule has 0 aromatic heterocycles. The van der Waals surface area contributed by atoms with E-state index in [0.717, 1.165) is 33.5 Å². The van der Waals surface area contributed by atoms with Crippen molar-refractivity contribution in [1.82, 2.24) is 5.32 Å². The zero-order chi connectivity index (χ0) is 26.0. The Balaban J connectivity index is 1.56. The van der Waals surface area contributed by atoms with E-state index in [1.54, 1.807) is 0 Å². The second kappa shape index (κ2) is 12.5. The highest BCUT2D eigenvalue weighted by molar-refractivity contribution is 6.13. The van der Waals surface area contributed by atoms with Crippen molar-refractivity contribution in [3.63, 3.8) is 0 Å². The molecule has 186 valence electrons. The molecule has 5 rings (SSSR count). The first-order valence-electron chi connectivity index (χ1n) is 12.9. The van der Waals surface area contributed by atoms with Gasteiger partial charge in [0, 0.05) is 17.5 Å². The van der Waals surface area contributed by atoms with Crippen molar-refractivity contribution < 1.29 is 4.79 Å². The van der Waals surface area contributed by atoms with Gasteiger partial charge in [-0.2, -0.15) is 0 Å². The molecule has 0 unspecified atom stereocenters. The van der Waals surface area contributed by atoms with Crippen molar-refractivity contribution in [3.8, 4) is 0 Å². The zero-order valence-electron chi connectivity index (χ0n) is 21.2. The van der Waals surface area contributed by atoms with Gasteiger partial charge in [0.25, 0.3) is 0 Å². The summed E-state index contributed by atoms with van der Waals surface area (Å²) < 4.78 is 0. The van der Waals surface area contributed by atoms with Crippen molar-refractivity contribution in [2.45, 2.75) is 18.5 Å². The number of hydrogen-bond acceptors (Lipinski definition) is 2. The molecule has 0 fully saturated rings. The summed E-state index contributed by atoms with van der Waals surface area (Å²) in [5.74, 6) is -0.115. The third-order valence-corrected chi connectivity index (χ3v) is 6.51. The van der Waals surface area contributed by atoms with Gasteiger partial charge in [-0.05, 0) is 16.7 Å². The molecule has 38 heavy (non-hydrogen) atoms. The second-order valence-corrected chi connectivity index (χ2v) is 9.18. The van der Waals surface area contributed by atoms with Crippen molar-refractivity contribution >= 4 is 11.6 Å². The van der Waals surface area contributed by atoms with Gasteiger partial charge in [-0.15, -0.1) is 0 Å². The monoisotopic (exact) mass is 494 g/mol. The minimum Gasteiger partial charge on any atom is -0.343 e. The molecule has 0 spiro atoms. The quantitative estimate of drug-likeness (QED) is 0.219. The third-order valence-electron chi connectivity index (χ3n) is 6.51. The lowest BCUT2D eigenvalue weighted by Gasteiger charge is -2.23. The fraction of sp³-hybridized carbons (Fsp3) is 0.0857. The van der Waals surface area contributed by atoms with Gasteiger partial charge in [0.2, 0.25) is 5.91 Å². The smallest absolute Gasteiger partial charge is 0.245 e. The highest BCUT2D eigenvalue weighted by Crippen LogP contribution is 2.23. The van der Waals surface area contributed by atoms with Gasteiger partial charge in [-0.1, -0.05) is 152 Å². The molecule has 1 atom stereocenters. The molecule has 5 aromatic rings. The number of nitrogens with one attached hydrogen (secondary N) is 1. The predicted molar refractivity (Wildman–Crippen MR) is 155 cm³/mol. The summed E-state index contributed by atoms with van der Waals surface area (Å²) in [7, 11) is 0. The number of amides is 1. The Kier molecular flexibility index (Phi) is 8.17. The van der Waals surface area contributed by atoms with Crippen LogP contribution in [0.25, 0.3) is 0 Å². The molecule has 3 nitrogen and oxygen atoms in total. The van der Waals surface area contributed by atoms with Gasteiger partial charge >= 0.3 is 0 Å². The van der Waals surface area contributed by atoms with Gasteiger partial charge in [0.05, 0.1) is 11.8 Å². The minimum atomic E-state index is -0.622. The Morgan fingerprint density at radius 1 is 0.553 bits per heavy atom. The summed E-state index contributed by atoms with van der Waals surface area (Å²) in [4.78, 5) is 19.2. The number of nitrogens with zero attached hydrogens (tertiary/aromatic N) is 1. The molecule has 0 bridgehead atoms. The Hall–Kier alpha value is -4.76. The average molecular weight is 495 g/mol. The maximum absolute atomic E-state index is 14.1. The maximum Gasteiger partial charge on any atom is 0.245 e. The van der Waals surface area contributed by atoms with Crippen LogP contribution in [0.2, 0.25) is 0 Å². The van der Waals surface area contributed by atoms with E-state index in [2.05, 4.69) is 5.32 Å². The van der Waals surface area contributed by atoms with Crippen LogP contribution in [0, 0.1) is 0 Å². The first-order chi connectivity index (χ1) is 18.8. The van der Waals surface area contributed by atoms with Crippen LogP contribution in [0.15, 0.2) is 157 Å². The zero-order valence-corrected chi connectivity index (χ0v) is 21.2. The SMILES string of the molecule is O=C(NC(c1ccccc1)c1ccccc1)[C@@H](Cc1ccccc1)N=C(c1ccccc1)c1ccccc1. The van der Waals surface area contributed by atoms with E-state index >= 15 is 0 Å². The van der Waals surface area contributed by atoms with Crippen LogP contribution in [0.4, 0.5) is 0 Å². The lowest BCUT2D eigenvalue weighted by molar-refractivity contribution is -0.122. The number of aliphatic imine (C=N–C) groups is 1. The van der Waals surface area contributed by atoms with E-state index < -0.39 is 6.04 Å². The van der Waals surface area contributed by atoms with Crippen molar-refractivity contribution in [1.29, 1.82) is 0 Å². The minimum absolute atomic E-state index is 0.115. The molecule has 3 heteroatoms. The summed E-state index contributed by atoms with van der Waals surface area (Å²) in [6.07, 6.45) is 0.492. The van der Waals surface area contributed by atoms with Gasteiger partial charge in [0.15, 0.2) is 0 Å². The van der Waals surface area contributed by atoms with Crippen LogP contribution in [0.1, 0.15) is 33.9 Å². The molecule has 0 saturated carbocycles. The number of rotatable bonds is 9. The average Bonchev–Trinajstić information content (AvgIpc) is 3.00. The summed E-state index contributed by atoms with van der Waals surface area (Å²) in [6, 6.07) is 49.5. The van der Waals surface area contributed by atoms with E-state index in [9.17, 15) is 4.79 Å². The van der Waals surface area contributed by atoms with Gasteiger partial charge in [-0.3, -0.25) is 9.79 Å². The van der Waals surface area contributed by atoms with Crippen LogP contribution in [0.5, 0.6) is 0 Å². The molecule has 0 radical (unpaired) electrons. The number of carbonyl (C=O) groups excluding carboxylic acids is 1. The molecule has 0 aliphatic carbocycles. The molecule has 0 aliphatic rings. The number of benzene rings is 5. The van der Waals surface area contributed by atoms with Gasteiger partial charge in [0.1, 0.15) is 6.04 Å².